The topological polar surface area (TPSA) is 32.3 Å². The third-order valence-corrected chi connectivity index (χ3v) is 3.35. The van der Waals surface area contributed by atoms with Gasteiger partial charge in [0.15, 0.2) is 0 Å². The second kappa shape index (κ2) is 5.78. The standard InChI is InChI=1S/C13H26N2O/c1-11(16)5-8-14-12-6-9-15(10-7-12)13(2,3)4/h12,14H,5-10H2,1-4H3. The normalized spacial score (nSPS) is 20.0. The highest BCUT2D eigenvalue weighted by atomic mass is 16.1. The Hall–Kier alpha value is -0.410. The van der Waals surface area contributed by atoms with Crippen LogP contribution >= 0.6 is 0 Å². The number of likely N-dealkylation sites (tertiary alicyclic amines) is 1. The number of ketones is 1. The maximum absolute atomic E-state index is 10.8. The van der Waals surface area contributed by atoms with Crippen molar-refractivity contribution in [1.82, 2.24) is 10.2 Å². The third kappa shape index (κ3) is 4.62. The lowest BCUT2D eigenvalue weighted by Gasteiger charge is -2.41. The summed E-state index contributed by atoms with van der Waals surface area (Å²) < 4.78 is 0. The number of carbonyl (C=O) groups is 1. The van der Waals surface area contributed by atoms with E-state index >= 15 is 0 Å². The minimum absolute atomic E-state index is 0.277. The molecule has 0 aliphatic carbocycles. The van der Waals surface area contributed by atoms with E-state index in [0.29, 0.717) is 18.0 Å². The molecule has 1 saturated heterocycles. The second-order valence-electron chi connectivity index (χ2n) is 5.84. The lowest BCUT2D eigenvalue weighted by atomic mass is 9.98. The number of piperidine rings is 1. The molecule has 1 rings (SSSR count). The summed E-state index contributed by atoms with van der Waals surface area (Å²) in [6, 6.07) is 0.609. The Morgan fingerprint density at radius 1 is 1.31 bits per heavy atom. The van der Waals surface area contributed by atoms with Crippen LogP contribution in [0.25, 0.3) is 0 Å². The summed E-state index contributed by atoms with van der Waals surface area (Å²) in [6.45, 7) is 11.7. The lowest BCUT2D eigenvalue weighted by Crippen LogP contribution is -2.50. The Morgan fingerprint density at radius 2 is 1.88 bits per heavy atom. The minimum atomic E-state index is 0.277. The van der Waals surface area contributed by atoms with E-state index in [1.165, 1.54) is 25.9 Å². The van der Waals surface area contributed by atoms with Gasteiger partial charge in [-0.1, -0.05) is 0 Å². The van der Waals surface area contributed by atoms with E-state index in [0.717, 1.165) is 6.54 Å². The molecule has 0 spiro atoms. The van der Waals surface area contributed by atoms with Crippen LogP contribution in [-0.4, -0.2) is 41.9 Å². The highest BCUT2D eigenvalue weighted by Crippen LogP contribution is 2.19. The van der Waals surface area contributed by atoms with Crippen molar-refractivity contribution in [2.75, 3.05) is 19.6 Å². The molecule has 0 radical (unpaired) electrons. The summed E-state index contributed by atoms with van der Waals surface area (Å²) in [5.41, 5.74) is 0.296. The zero-order chi connectivity index (χ0) is 12.2. The molecule has 0 bridgehead atoms. The number of rotatable bonds is 4. The van der Waals surface area contributed by atoms with Crippen molar-refractivity contribution in [3.63, 3.8) is 0 Å². The SMILES string of the molecule is CC(=O)CCNC1CCN(C(C)(C)C)CC1. The second-order valence-corrected chi connectivity index (χ2v) is 5.84. The fourth-order valence-corrected chi connectivity index (χ4v) is 2.21. The molecule has 1 heterocycles. The quantitative estimate of drug-likeness (QED) is 0.793. The van der Waals surface area contributed by atoms with Gasteiger partial charge in [0.1, 0.15) is 5.78 Å². The van der Waals surface area contributed by atoms with Gasteiger partial charge in [0, 0.05) is 37.6 Å². The molecular weight excluding hydrogens is 200 g/mol. The number of carbonyl (C=O) groups excluding carboxylic acids is 1. The first-order chi connectivity index (χ1) is 7.39. The Bertz CT molecular complexity index is 225. The lowest BCUT2D eigenvalue weighted by molar-refractivity contribution is -0.116. The van der Waals surface area contributed by atoms with Crippen LogP contribution in [0.2, 0.25) is 0 Å². The van der Waals surface area contributed by atoms with E-state index < -0.39 is 0 Å². The smallest absolute Gasteiger partial charge is 0.131 e. The number of nitrogens with one attached hydrogen (secondary N) is 1. The highest BCUT2D eigenvalue weighted by Gasteiger charge is 2.26. The van der Waals surface area contributed by atoms with Gasteiger partial charge in [0.05, 0.1) is 0 Å². The Morgan fingerprint density at radius 3 is 2.31 bits per heavy atom. The first kappa shape index (κ1) is 13.7. The van der Waals surface area contributed by atoms with Crippen LogP contribution in [0.1, 0.15) is 47.0 Å². The monoisotopic (exact) mass is 226 g/mol. The zero-order valence-corrected chi connectivity index (χ0v) is 11.2. The van der Waals surface area contributed by atoms with Gasteiger partial charge in [-0.15, -0.1) is 0 Å². The van der Waals surface area contributed by atoms with Crippen molar-refractivity contribution in [3.8, 4) is 0 Å². The van der Waals surface area contributed by atoms with E-state index in [4.69, 9.17) is 0 Å². The molecule has 0 saturated carbocycles. The molecule has 1 aliphatic heterocycles. The average molecular weight is 226 g/mol. The van der Waals surface area contributed by atoms with E-state index in [1.54, 1.807) is 6.92 Å². The van der Waals surface area contributed by atoms with Crippen LogP contribution in [0.3, 0.4) is 0 Å². The van der Waals surface area contributed by atoms with Crippen molar-refractivity contribution in [3.05, 3.63) is 0 Å². The number of hydrogen-bond acceptors (Lipinski definition) is 3. The molecule has 1 aliphatic rings. The van der Waals surface area contributed by atoms with Crippen LogP contribution in [0.4, 0.5) is 0 Å². The largest absolute Gasteiger partial charge is 0.313 e. The van der Waals surface area contributed by atoms with Gasteiger partial charge in [0.2, 0.25) is 0 Å². The van der Waals surface area contributed by atoms with Crippen molar-refractivity contribution in [2.45, 2.75) is 58.5 Å². The average Bonchev–Trinajstić information content (AvgIpc) is 2.16. The van der Waals surface area contributed by atoms with Crippen LogP contribution in [0.5, 0.6) is 0 Å². The van der Waals surface area contributed by atoms with Gasteiger partial charge in [0.25, 0.3) is 0 Å². The van der Waals surface area contributed by atoms with Gasteiger partial charge >= 0.3 is 0 Å². The summed E-state index contributed by atoms with van der Waals surface area (Å²) in [5, 5.41) is 3.48. The Kier molecular flexibility index (Phi) is 4.93. The summed E-state index contributed by atoms with van der Waals surface area (Å²) in [6.07, 6.45) is 3.07. The zero-order valence-electron chi connectivity index (χ0n) is 11.2. The summed E-state index contributed by atoms with van der Waals surface area (Å²) >= 11 is 0. The molecule has 0 aromatic carbocycles. The van der Waals surface area contributed by atoms with Gasteiger partial charge in [-0.25, -0.2) is 0 Å². The Balaban J connectivity index is 2.19. The van der Waals surface area contributed by atoms with E-state index in [9.17, 15) is 4.79 Å². The molecule has 1 N–H and O–H groups in total. The van der Waals surface area contributed by atoms with Gasteiger partial charge in [-0.05, 0) is 40.5 Å². The molecule has 1 fully saturated rings. The molecule has 16 heavy (non-hydrogen) atoms. The van der Waals surface area contributed by atoms with E-state index in [2.05, 4.69) is 31.0 Å². The molecular formula is C13H26N2O. The van der Waals surface area contributed by atoms with Gasteiger partial charge in [-0.3, -0.25) is 9.69 Å². The third-order valence-electron chi connectivity index (χ3n) is 3.35. The fourth-order valence-electron chi connectivity index (χ4n) is 2.21. The molecule has 0 unspecified atom stereocenters. The molecule has 0 aromatic rings. The number of Topliss-reactive ketones (excluding diaryl/α,β-unsaturated/α-hetero) is 1. The van der Waals surface area contributed by atoms with Crippen LogP contribution in [0, 0.1) is 0 Å². The van der Waals surface area contributed by atoms with Crippen LogP contribution in [-0.2, 0) is 4.79 Å². The van der Waals surface area contributed by atoms with Crippen LogP contribution < -0.4 is 5.32 Å². The van der Waals surface area contributed by atoms with Crippen molar-refractivity contribution in [1.29, 1.82) is 0 Å². The fraction of sp³-hybridized carbons (Fsp3) is 0.923. The predicted octanol–water partition coefficient (Wildman–Crippen LogP) is 1.82. The summed E-state index contributed by atoms with van der Waals surface area (Å²) in [7, 11) is 0. The first-order valence-corrected chi connectivity index (χ1v) is 6.37. The van der Waals surface area contributed by atoms with Crippen molar-refractivity contribution in [2.24, 2.45) is 0 Å². The first-order valence-electron chi connectivity index (χ1n) is 6.37. The molecule has 3 nitrogen and oxygen atoms in total. The van der Waals surface area contributed by atoms with Gasteiger partial charge in [-0.2, -0.15) is 0 Å². The Labute approximate surface area is 99.6 Å². The minimum Gasteiger partial charge on any atom is -0.313 e. The molecule has 94 valence electrons. The molecule has 0 aromatic heterocycles. The van der Waals surface area contributed by atoms with E-state index in [1.807, 2.05) is 0 Å². The van der Waals surface area contributed by atoms with E-state index in [-0.39, 0.29) is 5.78 Å². The maximum Gasteiger partial charge on any atom is 0.131 e. The maximum atomic E-state index is 10.8. The molecule has 3 heteroatoms. The molecule has 0 amide bonds. The molecule has 0 atom stereocenters. The summed E-state index contributed by atoms with van der Waals surface area (Å²) in [5.74, 6) is 0.277. The predicted molar refractivity (Wildman–Crippen MR) is 67.6 cm³/mol. The van der Waals surface area contributed by atoms with Crippen LogP contribution in [0.15, 0.2) is 0 Å². The number of hydrogen-bond donors (Lipinski definition) is 1. The van der Waals surface area contributed by atoms with Gasteiger partial charge < -0.3 is 5.32 Å². The summed E-state index contributed by atoms with van der Waals surface area (Å²) in [4.78, 5) is 13.4. The van der Waals surface area contributed by atoms with Crippen molar-refractivity contribution < 1.29 is 4.79 Å². The van der Waals surface area contributed by atoms with Crippen molar-refractivity contribution >= 4 is 5.78 Å². The highest BCUT2D eigenvalue weighted by molar-refractivity contribution is 5.75. The number of nitrogens with zero attached hydrogens (tertiary/aromatic N) is 1.